The summed E-state index contributed by atoms with van der Waals surface area (Å²) in [7, 11) is -2.96. The molecule has 0 aliphatic carbocycles. The van der Waals surface area contributed by atoms with Crippen LogP contribution in [0.4, 0.5) is 0 Å². The predicted octanol–water partition coefficient (Wildman–Crippen LogP) is 1.43. The van der Waals surface area contributed by atoms with Gasteiger partial charge in [-0.15, -0.1) is 0 Å². The summed E-state index contributed by atoms with van der Waals surface area (Å²) in [5.41, 5.74) is 0. The smallest absolute Gasteiger partial charge is 0.164 e. The minimum Gasteiger partial charge on any atom is -0.316 e. The summed E-state index contributed by atoms with van der Waals surface area (Å²) in [5, 5.41) is 3.21. The highest BCUT2D eigenvalue weighted by molar-refractivity contribution is 8.00. The van der Waals surface area contributed by atoms with Gasteiger partial charge in [-0.1, -0.05) is 6.92 Å². The van der Waals surface area contributed by atoms with E-state index in [4.69, 9.17) is 0 Å². The maximum Gasteiger partial charge on any atom is 0.164 e. The molecular weight excluding hydrogens is 292 g/mol. The third kappa shape index (κ3) is 4.61. The summed E-state index contributed by atoms with van der Waals surface area (Å²) < 4.78 is 23.8. The number of rotatable bonds is 5. The second-order valence-corrected chi connectivity index (χ2v) is 9.62. The number of hydrogen-bond donors (Lipinski definition) is 1. The zero-order valence-electron chi connectivity index (χ0n) is 12.7. The van der Waals surface area contributed by atoms with Crippen molar-refractivity contribution in [2.75, 3.05) is 43.9 Å². The van der Waals surface area contributed by atoms with Gasteiger partial charge in [0.25, 0.3) is 0 Å². The summed E-state index contributed by atoms with van der Waals surface area (Å²) in [4.78, 5) is 2.19. The molecule has 0 spiro atoms. The normalized spacial score (nSPS) is 31.1. The lowest BCUT2D eigenvalue weighted by molar-refractivity contribution is 0.210. The van der Waals surface area contributed by atoms with Gasteiger partial charge in [-0.25, -0.2) is 8.42 Å². The Morgan fingerprint density at radius 2 is 2.25 bits per heavy atom. The van der Waals surface area contributed by atoms with Crippen molar-refractivity contribution in [3.63, 3.8) is 0 Å². The number of nitrogens with zero attached hydrogens (tertiary/aromatic N) is 1. The number of hydrogen-bond acceptors (Lipinski definition) is 5. The van der Waals surface area contributed by atoms with Crippen molar-refractivity contribution in [2.45, 2.75) is 31.6 Å². The van der Waals surface area contributed by atoms with E-state index in [-0.39, 0.29) is 5.37 Å². The second-order valence-electron chi connectivity index (χ2n) is 6.27. The van der Waals surface area contributed by atoms with E-state index in [9.17, 15) is 8.42 Å². The van der Waals surface area contributed by atoms with Crippen LogP contribution in [0.5, 0.6) is 0 Å². The van der Waals surface area contributed by atoms with Crippen LogP contribution in [-0.4, -0.2) is 62.6 Å². The molecule has 20 heavy (non-hydrogen) atoms. The fourth-order valence-electron chi connectivity index (χ4n) is 3.24. The van der Waals surface area contributed by atoms with Crippen molar-refractivity contribution in [1.82, 2.24) is 10.2 Å². The quantitative estimate of drug-likeness (QED) is 0.830. The van der Waals surface area contributed by atoms with Crippen molar-refractivity contribution >= 4 is 21.6 Å². The molecule has 0 amide bonds. The topological polar surface area (TPSA) is 49.4 Å². The molecule has 0 aromatic carbocycles. The lowest BCUT2D eigenvalue weighted by Gasteiger charge is -2.36. The lowest BCUT2D eigenvalue weighted by atomic mass is 9.85. The zero-order valence-corrected chi connectivity index (χ0v) is 14.3. The molecule has 1 N–H and O–H groups in total. The SMILES string of the molecule is CC(CCN1CCSCC1S(C)(=O)=O)C1CCCNC1. The summed E-state index contributed by atoms with van der Waals surface area (Å²) in [5.74, 6) is 3.24. The number of sulfone groups is 1. The van der Waals surface area contributed by atoms with Crippen molar-refractivity contribution in [3.8, 4) is 0 Å². The van der Waals surface area contributed by atoms with Crippen molar-refractivity contribution in [1.29, 1.82) is 0 Å². The Kier molecular flexibility index (Phi) is 6.20. The lowest BCUT2D eigenvalue weighted by Crippen LogP contribution is -2.47. The van der Waals surface area contributed by atoms with E-state index in [2.05, 4.69) is 17.1 Å². The van der Waals surface area contributed by atoms with E-state index >= 15 is 0 Å². The van der Waals surface area contributed by atoms with Gasteiger partial charge in [0, 0.05) is 24.3 Å². The highest BCUT2D eigenvalue weighted by atomic mass is 32.2. The van der Waals surface area contributed by atoms with Crippen LogP contribution in [-0.2, 0) is 9.84 Å². The van der Waals surface area contributed by atoms with E-state index in [1.165, 1.54) is 19.1 Å². The highest BCUT2D eigenvalue weighted by Gasteiger charge is 2.31. The molecule has 3 unspecified atom stereocenters. The van der Waals surface area contributed by atoms with E-state index in [0.29, 0.717) is 5.92 Å². The van der Waals surface area contributed by atoms with Crippen LogP contribution in [0, 0.1) is 11.8 Å². The molecular formula is C14H28N2O2S2. The van der Waals surface area contributed by atoms with Crippen LogP contribution in [0.2, 0.25) is 0 Å². The molecule has 0 aromatic rings. The van der Waals surface area contributed by atoms with Gasteiger partial charge >= 0.3 is 0 Å². The van der Waals surface area contributed by atoms with E-state index in [1.54, 1.807) is 11.8 Å². The average molecular weight is 321 g/mol. The molecule has 0 saturated carbocycles. The van der Waals surface area contributed by atoms with E-state index in [0.717, 1.165) is 50.0 Å². The Bertz CT molecular complexity index is 394. The largest absolute Gasteiger partial charge is 0.316 e. The van der Waals surface area contributed by atoms with Gasteiger partial charge in [-0.05, 0) is 50.7 Å². The highest BCUT2D eigenvalue weighted by Crippen LogP contribution is 2.25. The van der Waals surface area contributed by atoms with Crippen molar-refractivity contribution < 1.29 is 8.42 Å². The van der Waals surface area contributed by atoms with Gasteiger partial charge < -0.3 is 5.32 Å². The molecule has 6 heteroatoms. The minimum absolute atomic E-state index is 0.266. The van der Waals surface area contributed by atoms with Gasteiger partial charge in [0.15, 0.2) is 9.84 Å². The first kappa shape index (κ1) is 16.6. The molecule has 4 nitrogen and oxygen atoms in total. The number of piperidine rings is 1. The Labute approximate surface area is 128 Å². The van der Waals surface area contributed by atoms with Crippen LogP contribution in [0.3, 0.4) is 0 Å². The Morgan fingerprint density at radius 1 is 1.45 bits per heavy atom. The van der Waals surface area contributed by atoms with Gasteiger partial charge in [0.2, 0.25) is 0 Å². The first-order valence-electron chi connectivity index (χ1n) is 7.70. The van der Waals surface area contributed by atoms with Crippen LogP contribution < -0.4 is 5.32 Å². The Morgan fingerprint density at radius 3 is 2.90 bits per heavy atom. The molecule has 0 radical (unpaired) electrons. The standard InChI is InChI=1S/C14H28N2O2S2/c1-12(13-4-3-6-15-10-13)5-7-16-8-9-19-11-14(16)20(2,17)18/h12-15H,3-11H2,1-2H3. The van der Waals surface area contributed by atoms with Crippen molar-refractivity contribution in [2.24, 2.45) is 11.8 Å². The molecule has 2 saturated heterocycles. The van der Waals surface area contributed by atoms with E-state index in [1.807, 2.05) is 0 Å². The molecule has 3 atom stereocenters. The molecule has 118 valence electrons. The maximum atomic E-state index is 11.9. The maximum absolute atomic E-state index is 11.9. The summed E-state index contributed by atoms with van der Waals surface area (Å²) in [6.07, 6.45) is 5.09. The van der Waals surface area contributed by atoms with Gasteiger partial charge in [-0.2, -0.15) is 11.8 Å². The van der Waals surface area contributed by atoms with Gasteiger partial charge in [0.1, 0.15) is 5.37 Å². The molecule has 0 bridgehead atoms. The van der Waals surface area contributed by atoms with Crippen LogP contribution in [0.1, 0.15) is 26.2 Å². The zero-order chi connectivity index (χ0) is 14.6. The third-order valence-electron chi connectivity index (χ3n) is 4.70. The minimum atomic E-state index is -2.96. The number of thioether (sulfide) groups is 1. The molecule has 2 heterocycles. The molecule has 2 aliphatic heterocycles. The van der Waals surface area contributed by atoms with Crippen LogP contribution in [0.25, 0.3) is 0 Å². The third-order valence-corrected chi connectivity index (χ3v) is 7.38. The first-order valence-corrected chi connectivity index (χ1v) is 10.8. The van der Waals surface area contributed by atoms with Gasteiger partial charge in [0.05, 0.1) is 0 Å². The molecule has 2 fully saturated rings. The fourth-order valence-corrected chi connectivity index (χ4v) is 6.21. The predicted molar refractivity (Wildman–Crippen MR) is 86.9 cm³/mol. The summed E-state index contributed by atoms with van der Waals surface area (Å²) >= 11 is 1.77. The Hall–Kier alpha value is 0.220. The Balaban J connectivity index is 1.84. The van der Waals surface area contributed by atoms with Crippen LogP contribution in [0.15, 0.2) is 0 Å². The van der Waals surface area contributed by atoms with Crippen LogP contribution >= 0.6 is 11.8 Å². The number of nitrogens with one attached hydrogen (secondary N) is 1. The first-order chi connectivity index (χ1) is 9.48. The second kappa shape index (κ2) is 7.47. The molecule has 0 aromatic heterocycles. The van der Waals surface area contributed by atoms with Gasteiger partial charge in [-0.3, -0.25) is 4.90 Å². The summed E-state index contributed by atoms with van der Waals surface area (Å²) in [6.45, 7) is 6.45. The monoisotopic (exact) mass is 320 g/mol. The molecule has 2 rings (SSSR count). The summed E-state index contributed by atoms with van der Waals surface area (Å²) in [6, 6.07) is 0. The molecule has 2 aliphatic rings. The van der Waals surface area contributed by atoms with E-state index < -0.39 is 9.84 Å². The fraction of sp³-hybridized carbons (Fsp3) is 1.00. The van der Waals surface area contributed by atoms with Crippen molar-refractivity contribution in [3.05, 3.63) is 0 Å². The average Bonchev–Trinajstić information content (AvgIpc) is 2.45.